The summed E-state index contributed by atoms with van der Waals surface area (Å²) in [6, 6.07) is 10.9. The maximum Gasteiger partial charge on any atom is 0.389 e. The van der Waals surface area contributed by atoms with E-state index in [1.54, 1.807) is 30.6 Å². The van der Waals surface area contributed by atoms with Gasteiger partial charge < -0.3 is 9.36 Å². The highest BCUT2D eigenvalue weighted by Crippen LogP contribution is 2.24. The predicted octanol–water partition coefficient (Wildman–Crippen LogP) is 5.61. The molecule has 0 aliphatic rings. The van der Waals surface area contributed by atoms with Crippen LogP contribution >= 0.6 is 0 Å². The molecule has 4 rings (SSSR count). The van der Waals surface area contributed by atoms with E-state index in [9.17, 15) is 18.0 Å². The number of pyridine rings is 1. The molecular formula is C25H23F3N4O3. The highest BCUT2D eigenvalue weighted by atomic mass is 19.4. The van der Waals surface area contributed by atoms with Crippen molar-refractivity contribution in [1.29, 1.82) is 0 Å². The lowest BCUT2D eigenvalue weighted by molar-refractivity contribution is -0.143. The number of Topliss-reactive ketones (excluding diaryl/α,β-unsaturated/α-hetero) is 1. The number of oxime groups is 1. The summed E-state index contributed by atoms with van der Waals surface area (Å²) in [4.78, 5) is 21.8. The first-order valence-electron chi connectivity index (χ1n) is 10.9. The monoisotopic (exact) mass is 484 g/mol. The SMILES string of the molecule is Cc1noc(C)c1CON=Cc1ccn2c(-c3cccc(CC(=O)CCC(F)(F)F)c3)cnc2c1. The summed E-state index contributed by atoms with van der Waals surface area (Å²) >= 11 is 0. The number of hydrogen-bond donors (Lipinski definition) is 0. The van der Waals surface area contributed by atoms with Crippen LogP contribution in [-0.2, 0) is 22.7 Å². The molecule has 1 aromatic carbocycles. The van der Waals surface area contributed by atoms with E-state index in [1.807, 2.05) is 42.6 Å². The van der Waals surface area contributed by atoms with Crippen LogP contribution in [-0.4, -0.2) is 32.7 Å². The number of hydrogen-bond acceptors (Lipinski definition) is 6. The summed E-state index contributed by atoms with van der Waals surface area (Å²) in [7, 11) is 0. The number of rotatable bonds is 9. The van der Waals surface area contributed by atoms with Gasteiger partial charge in [-0.15, -0.1) is 0 Å². The molecule has 182 valence electrons. The van der Waals surface area contributed by atoms with Crippen LogP contribution in [0.2, 0.25) is 0 Å². The first kappa shape index (κ1) is 24.2. The minimum absolute atomic E-state index is 0.0464. The fourth-order valence-electron chi connectivity index (χ4n) is 3.64. The van der Waals surface area contributed by atoms with Gasteiger partial charge in [-0.2, -0.15) is 13.2 Å². The van der Waals surface area contributed by atoms with Crippen molar-refractivity contribution in [3.05, 3.63) is 76.9 Å². The van der Waals surface area contributed by atoms with E-state index in [4.69, 9.17) is 9.36 Å². The maximum absolute atomic E-state index is 12.4. The summed E-state index contributed by atoms with van der Waals surface area (Å²) in [5.41, 5.74) is 5.35. The third-order valence-corrected chi connectivity index (χ3v) is 5.52. The van der Waals surface area contributed by atoms with Crippen molar-refractivity contribution in [3.63, 3.8) is 0 Å². The number of aryl methyl sites for hydroxylation is 2. The van der Waals surface area contributed by atoms with Gasteiger partial charge >= 0.3 is 6.18 Å². The summed E-state index contributed by atoms with van der Waals surface area (Å²) in [6.07, 6.45) is -0.873. The van der Waals surface area contributed by atoms with E-state index in [1.165, 1.54) is 0 Å². The molecule has 0 spiro atoms. The molecule has 0 saturated heterocycles. The predicted molar refractivity (Wildman–Crippen MR) is 123 cm³/mol. The molecule has 35 heavy (non-hydrogen) atoms. The Hall–Kier alpha value is -3.95. The Balaban J connectivity index is 1.43. The molecule has 0 atom stereocenters. The average Bonchev–Trinajstić information content (AvgIpc) is 3.38. The Labute approximate surface area is 199 Å². The van der Waals surface area contributed by atoms with Crippen LogP contribution in [0, 0.1) is 13.8 Å². The van der Waals surface area contributed by atoms with Gasteiger partial charge in [0.15, 0.2) is 0 Å². The molecule has 0 bridgehead atoms. The van der Waals surface area contributed by atoms with Crippen LogP contribution in [0.15, 0.2) is 58.5 Å². The van der Waals surface area contributed by atoms with Crippen LogP contribution in [0.1, 0.15) is 41.0 Å². The van der Waals surface area contributed by atoms with Crippen molar-refractivity contribution in [2.24, 2.45) is 5.16 Å². The summed E-state index contributed by atoms with van der Waals surface area (Å²) in [5.74, 6) is 0.247. The molecule has 0 aliphatic carbocycles. The normalized spacial score (nSPS) is 12.0. The van der Waals surface area contributed by atoms with E-state index in [0.29, 0.717) is 17.0 Å². The molecule has 0 amide bonds. The number of carbonyl (C=O) groups excluding carboxylic acids is 1. The number of benzene rings is 1. The summed E-state index contributed by atoms with van der Waals surface area (Å²) < 4.78 is 44.1. The number of carbonyl (C=O) groups is 1. The van der Waals surface area contributed by atoms with Crippen LogP contribution in [0.4, 0.5) is 13.2 Å². The second kappa shape index (κ2) is 10.1. The minimum Gasteiger partial charge on any atom is -0.391 e. The van der Waals surface area contributed by atoms with Crippen molar-refractivity contribution in [3.8, 4) is 11.3 Å². The molecule has 0 fully saturated rings. The topological polar surface area (TPSA) is 82.0 Å². The number of aromatic nitrogens is 3. The van der Waals surface area contributed by atoms with Crippen molar-refractivity contribution in [1.82, 2.24) is 14.5 Å². The average molecular weight is 484 g/mol. The Morgan fingerprint density at radius 3 is 2.80 bits per heavy atom. The Morgan fingerprint density at radius 2 is 2.06 bits per heavy atom. The van der Waals surface area contributed by atoms with E-state index in [0.717, 1.165) is 28.1 Å². The van der Waals surface area contributed by atoms with Gasteiger partial charge in [-0.3, -0.25) is 9.20 Å². The van der Waals surface area contributed by atoms with E-state index < -0.39 is 24.8 Å². The van der Waals surface area contributed by atoms with Crippen LogP contribution in [0.25, 0.3) is 16.9 Å². The Bertz CT molecular complexity index is 1350. The number of fused-ring (bicyclic) bond motifs is 1. The lowest BCUT2D eigenvalue weighted by Crippen LogP contribution is -2.12. The van der Waals surface area contributed by atoms with Gasteiger partial charge in [0.05, 0.1) is 35.8 Å². The lowest BCUT2D eigenvalue weighted by atomic mass is 10.0. The van der Waals surface area contributed by atoms with Crippen molar-refractivity contribution in [2.75, 3.05) is 0 Å². The number of ketones is 1. The first-order valence-corrected chi connectivity index (χ1v) is 10.9. The first-order chi connectivity index (χ1) is 16.7. The third kappa shape index (κ3) is 6.14. The number of halogens is 3. The van der Waals surface area contributed by atoms with E-state index >= 15 is 0 Å². The van der Waals surface area contributed by atoms with Gasteiger partial charge in [0.1, 0.15) is 23.8 Å². The van der Waals surface area contributed by atoms with Gasteiger partial charge in [0.2, 0.25) is 0 Å². The quantitative estimate of drug-likeness (QED) is 0.228. The van der Waals surface area contributed by atoms with Gasteiger partial charge in [0.25, 0.3) is 0 Å². The Kier molecular flexibility index (Phi) is 6.99. The van der Waals surface area contributed by atoms with E-state index in [-0.39, 0.29) is 13.0 Å². The molecule has 4 aromatic rings. The zero-order valence-corrected chi connectivity index (χ0v) is 19.2. The largest absolute Gasteiger partial charge is 0.391 e. The molecular weight excluding hydrogens is 461 g/mol. The van der Waals surface area contributed by atoms with Crippen LogP contribution in [0.3, 0.4) is 0 Å². The fraction of sp³-hybridized carbons (Fsp3) is 0.280. The smallest absolute Gasteiger partial charge is 0.389 e. The lowest BCUT2D eigenvalue weighted by Gasteiger charge is -2.07. The number of alkyl halides is 3. The molecule has 0 aliphatic heterocycles. The highest BCUT2D eigenvalue weighted by Gasteiger charge is 2.27. The highest BCUT2D eigenvalue weighted by molar-refractivity contribution is 5.82. The number of imidazole rings is 1. The van der Waals surface area contributed by atoms with Gasteiger partial charge in [-0.25, -0.2) is 4.98 Å². The maximum atomic E-state index is 12.4. The van der Waals surface area contributed by atoms with Gasteiger partial charge in [-0.05, 0) is 37.6 Å². The van der Waals surface area contributed by atoms with Gasteiger partial charge in [-0.1, -0.05) is 28.5 Å². The molecule has 10 heteroatoms. The second-order valence-corrected chi connectivity index (χ2v) is 8.17. The van der Waals surface area contributed by atoms with Crippen LogP contribution in [0.5, 0.6) is 0 Å². The number of nitrogens with zero attached hydrogens (tertiary/aromatic N) is 4. The van der Waals surface area contributed by atoms with Crippen LogP contribution < -0.4 is 0 Å². The molecule has 0 unspecified atom stereocenters. The zero-order chi connectivity index (χ0) is 25.0. The summed E-state index contributed by atoms with van der Waals surface area (Å²) in [5, 5.41) is 7.88. The standard InChI is InChI=1S/C25H23F3N4O3/c1-16-22(17(2)35-31-16)15-34-30-13-19-7-9-32-23(14-29-24(32)12-19)20-5-3-4-18(10-20)11-21(33)6-8-25(26,27)28/h3-5,7,9-10,12-14H,6,8,11,15H2,1-2H3. The second-order valence-electron chi connectivity index (χ2n) is 8.17. The molecule has 3 aromatic heterocycles. The molecule has 0 radical (unpaired) electrons. The minimum atomic E-state index is -4.33. The molecule has 3 heterocycles. The molecule has 0 N–H and O–H groups in total. The molecule has 7 nitrogen and oxygen atoms in total. The van der Waals surface area contributed by atoms with Gasteiger partial charge in [0, 0.05) is 30.2 Å². The van der Waals surface area contributed by atoms with Crippen molar-refractivity contribution >= 4 is 17.6 Å². The third-order valence-electron chi connectivity index (χ3n) is 5.52. The van der Waals surface area contributed by atoms with Crippen molar-refractivity contribution < 1.29 is 27.3 Å². The van der Waals surface area contributed by atoms with Crippen molar-refractivity contribution in [2.45, 2.75) is 45.9 Å². The Morgan fingerprint density at radius 1 is 1.23 bits per heavy atom. The molecule has 0 saturated carbocycles. The van der Waals surface area contributed by atoms with E-state index in [2.05, 4.69) is 15.3 Å². The zero-order valence-electron chi connectivity index (χ0n) is 19.2. The fourth-order valence-corrected chi connectivity index (χ4v) is 3.64. The summed E-state index contributed by atoms with van der Waals surface area (Å²) in [6.45, 7) is 3.90.